The van der Waals surface area contributed by atoms with Gasteiger partial charge < -0.3 is 5.73 Å². The molecule has 1 heterocycles. The largest absolute Gasteiger partial charge is 0.397 e. The molecule has 2 N–H and O–H groups in total. The molecule has 0 amide bonds. The maximum absolute atomic E-state index is 5.83. The number of pyridine rings is 1. The molecule has 0 aliphatic carbocycles. The zero-order chi connectivity index (χ0) is 13.1. The Morgan fingerprint density at radius 2 is 1.83 bits per heavy atom. The Morgan fingerprint density at radius 1 is 1.06 bits per heavy atom. The number of anilines is 1. The van der Waals surface area contributed by atoms with Gasteiger partial charge >= 0.3 is 0 Å². The molecule has 0 saturated carbocycles. The lowest BCUT2D eigenvalue weighted by Crippen LogP contribution is -1.97. The third-order valence-corrected chi connectivity index (χ3v) is 3.37. The van der Waals surface area contributed by atoms with Crippen LogP contribution in [0.15, 0.2) is 30.3 Å². The number of aryl methyl sites for hydroxylation is 3. The van der Waals surface area contributed by atoms with Crippen LogP contribution in [0.5, 0.6) is 0 Å². The molecule has 2 nitrogen and oxygen atoms in total. The SMILES string of the molecule is CCc1ccc(CC)c(-c2ccc(N)c(C)n2)c1. The molecule has 0 saturated heterocycles. The van der Waals surface area contributed by atoms with Gasteiger partial charge in [-0.05, 0) is 49.1 Å². The normalized spacial score (nSPS) is 10.6. The van der Waals surface area contributed by atoms with Crippen LogP contribution in [0, 0.1) is 6.92 Å². The molecule has 0 bridgehead atoms. The van der Waals surface area contributed by atoms with Crippen LogP contribution < -0.4 is 5.73 Å². The number of hydrogen-bond acceptors (Lipinski definition) is 2. The molecule has 1 aromatic carbocycles. The fourth-order valence-electron chi connectivity index (χ4n) is 2.11. The highest BCUT2D eigenvalue weighted by molar-refractivity contribution is 5.66. The molecule has 94 valence electrons. The summed E-state index contributed by atoms with van der Waals surface area (Å²) < 4.78 is 0. The minimum Gasteiger partial charge on any atom is -0.397 e. The Labute approximate surface area is 109 Å². The van der Waals surface area contributed by atoms with E-state index < -0.39 is 0 Å². The molecule has 18 heavy (non-hydrogen) atoms. The van der Waals surface area contributed by atoms with Crippen LogP contribution in [-0.4, -0.2) is 4.98 Å². The highest BCUT2D eigenvalue weighted by atomic mass is 14.7. The van der Waals surface area contributed by atoms with Crippen molar-refractivity contribution < 1.29 is 0 Å². The van der Waals surface area contributed by atoms with Crippen LogP contribution in [0.4, 0.5) is 5.69 Å². The summed E-state index contributed by atoms with van der Waals surface area (Å²) in [5, 5.41) is 0. The van der Waals surface area contributed by atoms with Crippen molar-refractivity contribution in [1.82, 2.24) is 4.98 Å². The number of benzene rings is 1. The maximum Gasteiger partial charge on any atom is 0.0709 e. The average molecular weight is 240 g/mol. The van der Waals surface area contributed by atoms with Gasteiger partial charge in [-0.15, -0.1) is 0 Å². The predicted molar refractivity (Wildman–Crippen MR) is 77.6 cm³/mol. The van der Waals surface area contributed by atoms with Crippen molar-refractivity contribution in [3.05, 3.63) is 47.2 Å². The van der Waals surface area contributed by atoms with E-state index in [9.17, 15) is 0 Å². The van der Waals surface area contributed by atoms with Gasteiger partial charge in [0, 0.05) is 5.56 Å². The first-order chi connectivity index (χ1) is 8.65. The number of aromatic nitrogens is 1. The van der Waals surface area contributed by atoms with E-state index in [2.05, 4.69) is 37.0 Å². The summed E-state index contributed by atoms with van der Waals surface area (Å²) >= 11 is 0. The molecule has 2 heteroatoms. The second-order valence-electron chi connectivity index (χ2n) is 4.57. The van der Waals surface area contributed by atoms with Crippen LogP contribution in [0.1, 0.15) is 30.7 Å². The molecule has 0 fully saturated rings. The summed E-state index contributed by atoms with van der Waals surface area (Å²) in [5.41, 5.74) is 12.4. The van der Waals surface area contributed by atoms with Crippen molar-refractivity contribution in [2.24, 2.45) is 0 Å². The van der Waals surface area contributed by atoms with Gasteiger partial charge in [-0.1, -0.05) is 26.0 Å². The van der Waals surface area contributed by atoms with E-state index in [-0.39, 0.29) is 0 Å². The van der Waals surface area contributed by atoms with Crippen LogP contribution >= 0.6 is 0 Å². The molecule has 0 radical (unpaired) electrons. The van der Waals surface area contributed by atoms with Gasteiger partial charge in [0.05, 0.1) is 17.1 Å². The number of nitrogens with zero attached hydrogens (tertiary/aromatic N) is 1. The zero-order valence-corrected chi connectivity index (χ0v) is 11.3. The van der Waals surface area contributed by atoms with Gasteiger partial charge in [0.2, 0.25) is 0 Å². The van der Waals surface area contributed by atoms with E-state index in [0.717, 1.165) is 29.9 Å². The first-order valence-electron chi connectivity index (χ1n) is 6.51. The second-order valence-corrected chi connectivity index (χ2v) is 4.57. The summed E-state index contributed by atoms with van der Waals surface area (Å²) in [7, 11) is 0. The number of nitrogens with two attached hydrogens (primary N) is 1. The lowest BCUT2D eigenvalue weighted by molar-refractivity contribution is 1.09. The standard InChI is InChI=1S/C16H20N2/c1-4-12-6-7-13(5-2)14(10-12)16-9-8-15(17)11(3)18-16/h6-10H,4-5,17H2,1-3H3. The molecule has 1 aromatic heterocycles. The van der Waals surface area contributed by atoms with Crippen molar-refractivity contribution >= 4 is 5.69 Å². The van der Waals surface area contributed by atoms with Crippen molar-refractivity contribution in [3.8, 4) is 11.3 Å². The molecule has 0 unspecified atom stereocenters. The maximum atomic E-state index is 5.83. The number of hydrogen-bond donors (Lipinski definition) is 1. The molecular formula is C16H20N2. The van der Waals surface area contributed by atoms with Gasteiger partial charge in [0.25, 0.3) is 0 Å². The van der Waals surface area contributed by atoms with E-state index in [0.29, 0.717) is 0 Å². The quantitative estimate of drug-likeness (QED) is 0.887. The van der Waals surface area contributed by atoms with Crippen LogP contribution in [0.3, 0.4) is 0 Å². The molecule has 2 rings (SSSR count). The average Bonchev–Trinajstić information content (AvgIpc) is 2.41. The van der Waals surface area contributed by atoms with Gasteiger partial charge in [0.1, 0.15) is 0 Å². The van der Waals surface area contributed by atoms with Crippen LogP contribution in [0.25, 0.3) is 11.3 Å². The number of rotatable bonds is 3. The fraction of sp³-hybridized carbons (Fsp3) is 0.312. The monoisotopic (exact) mass is 240 g/mol. The Morgan fingerprint density at radius 3 is 2.44 bits per heavy atom. The van der Waals surface area contributed by atoms with Crippen molar-refractivity contribution in [3.63, 3.8) is 0 Å². The third kappa shape index (κ3) is 2.37. The molecule has 0 atom stereocenters. The summed E-state index contributed by atoms with van der Waals surface area (Å²) in [5.74, 6) is 0. The van der Waals surface area contributed by atoms with Crippen molar-refractivity contribution in [1.29, 1.82) is 0 Å². The van der Waals surface area contributed by atoms with Gasteiger partial charge in [0.15, 0.2) is 0 Å². The van der Waals surface area contributed by atoms with Gasteiger partial charge in [-0.25, -0.2) is 0 Å². The first kappa shape index (κ1) is 12.6. The van der Waals surface area contributed by atoms with E-state index >= 15 is 0 Å². The number of nitrogen functional groups attached to an aromatic ring is 1. The van der Waals surface area contributed by atoms with E-state index in [1.807, 2.05) is 19.1 Å². The summed E-state index contributed by atoms with van der Waals surface area (Å²) in [4.78, 5) is 4.60. The van der Waals surface area contributed by atoms with Crippen LogP contribution in [0.2, 0.25) is 0 Å². The molecule has 0 aliphatic rings. The second kappa shape index (κ2) is 5.21. The van der Waals surface area contributed by atoms with Gasteiger partial charge in [-0.2, -0.15) is 0 Å². The Balaban J connectivity index is 2.57. The zero-order valence-electron chi connectivity index (χ0n) is 11.3. The Kier molecular flexibility index (Phi) is 3.66. The molecular weight excluding hydrogens is 220 g/mol. The lowest BCUT2D eigenvalue weighted by atomic mass is 9.98. The van der Waals surface area contributed by atoms with E-state index in [4.69, 9.17) is 5.73 Å². The van der Waals surface area contributed by atoms with E-state index in [1.54, 1.807) is 0 Å². The Hall–Kier alpha value is -1.83. The lowest BCUT2D eigenvalue weighted by Gasteiger charge is -2.11. The fourth-order valence-corrected chi connectivity index (χ4v) is 2.11. The molecule has 0 aliphatic heterocycles. The smallest absolute Gasteiger partial charge is 0.0709 e. The third-order valence-electron chi connectivity index (χ3n) is 3.37. The Bertz CT molecular complexity index is 559. The minimum atomic E-state index is 0.753. The van der Waals surface area contributed by atoms with E-state index in [1.165, 1.54) is 16.7 Å². The summed E-state index contributed by atoms with van der Waals surface area (Å²) in [6.07, 6.45) is 2.06. The topological polar surface area (TPSA) is 38.9 Å². The van der Waals surface area contributed by atoms with Crippen molar-refractivity contribution in [2.75, 3.05) is 5.73 Å². The van der Waals surface area contributed by atoms with Crippen molar-refractivity contribution in [2.45, 2.75) is 33.6 Å². The highest BCUT2D eigenvalue weighted by Crippen LogP contribution is 2.25. The molecule has 2 aromatic rings. The summed E-state index contributed by atoms with van der Waals surface area (Å²) in [6, 6.07) is 10.6. The van der Waals surface area contributed by atoms with Crippen LogP contribution in [-0.2, 0) is 12.8 Å². The summed E-state index contributed by atoms with van der Waals surface area (Å²) in [6.45, 7) is 6.30. The predicted octanol–water partition coefficient (Wildman–Crippen LogP) is 3.76. The first-order valence-corrected chi connectivity index (χ1v) is 6.51. The van der Waals surface area contributed by atoms with Gasteiger partial charge in [-0.3, -0.25) is 4.98 Å². The highest BCUT2D eigenvalue weighted by Gasteiger charge is 2.07. The minimum absolute atomic E-state index is 0.753. The molecule has 0 spiro atoms.